The van der Waals surface area contributed by atoms with Gasteiger partial charge in [-0.3, -0.25) is 4.79 Å². The first-order chi connectivity index (χ1) is 10.2. The Morgan fingerprint density at radius 2 is 2.14 bits per heavy atom. The van der Waals surface area contributed by atoms with E-state index in [1.165, 1.54) is 5.56 Å². The van der Waals surface area contributed by atoms with Gasteiger partial charge in [0, 0.05) is 19.0 Å². The summed E-state index contributed by atoms with van der Waals surface area (Å²) in [5, 5.41) is 3.31. The lowest BCUT2D eigenvalue weighted by molar-refractivity contribution is -0.132. The average molecular weight is 290 g/mol. The van der Waals surface area contributed by atoms with Crippen LogP contribution in [0.25, 0.3) is 0 Å². The van der Waals surface area contributed by atoms with Gasteiger partial charge in [0.2, 0.25) is 5.91 Å². The van der Waals surface area contributed by atoms with Gasteiger partial charge in [-0.15, -0.1) is 0 Å². The van der Waals surface area contributed by atoms with Gasteiger partial charge in [-0.1, -0.05) is 19.1 Å². The van der Waals surface area contributed by atoms with Crippen molar-refractivity contribution < 1.29 is 9.53 Å². The molecule has 2 rings (SSSR count). The number of nitrogens with zero attached hydrogens (tertiary/aromatic N) is 1. The van der Waals surface area contributed by atoms with E-state index >= 15 is 0 Å². The summed E-state index contributed by atoms with van der Waals surface area (Å²) in [6.45, 7) is 5.90. The third-order valence-corrected chi connectivity index (χ3v) is 4.11. The SMILES string of the molecule is CCNC(C)CC(=O)N1CCCC1c1ccc(OC)cc1. The Morgan fingerprint density at radius 1 is 1.43 bits per heavy atom. The molecule has 0 saturated carbocycles. The van der Waals surface area contributed by atoms with E-state index in [0.717, 1.165) is 31.7 Å². The van der Waals surface area contributed by atoms with Crippen LogP contribution < -0.4 is 10.1 Å². The van der Waals surface area contributed by atoms with Crippen LogP contribution in [0.15, 0.2) is 24.3 Å². The van der Waals surface area contributed by atoms with Gasteiger partial charge in [-0.05, 0) is 44.0 Å². The molecule has 1 aromatic rings. The number of carbonyl (C=O) groups is 1. The zero-order chi connectivity index (χ0) is 15.2. The summed E-state index contributed by atoms with van der Waals surface area (Å²) in [7, 11) is 1.67. The number of benzene rings is 1. The topological polar surface area (TPSA) is 41.6 Å². The molecule has 4 nitrogen and oxygen atoms in total. The number of hydrogen-bond donors (Lipinski definition) is 1. The second-order valence-corrected chi connectivity index (χ2v) is 5.68. The minimum absolute atomic E-state index is 0.220. The largest absolute Gasteiger partial charge is 0.497 e. The molecule has 1 saturated heterocycles. The lowest BCUT2D eigenvalue weighted by Gasteiger charge is -2.26. The minimum atomic E-state index is 0.220. The van der Waals surface area contributed by atoms with Crippen LogP contribution in [-0.4, -0.2) is 37.0 Å². The number of rotatable bonds is 6. The maximum Gasteiger partial charge on any atom is 0.224 e. The normalized spacial score (nSPS) is 19.6. The van der Waals surface area contributed by atoms with Crippen molar-refractivity contribution in [3.63, 3.8) is 0 Å². The molecule has 1 amide bonds. The Balaban J connectivity index is 2.03. The second kappa shape index (κ2) is 7.46. The van der Waals surface area contributed by atoms with Crippen molar-refractivity contribution in [1.82, 2.24) is 10.2 Å². The Morgan fingerprint density at radius 3 is 2.76 bits per heavy atom. The third-order valence-electron chi connectivity index (χ3n) is 4.11. The molecule has 1 heterocycles. The molecule has 1 aromatic carbocycles. The summed E-state index contributed by atoms with van der Waals surface area (Å²) >= 11 is 0. The van der Waals surface area contributed by atoms with Gasteiger partial charge in [0.15, 0.2) is 0 Å². The molecule has 1 fully saturated rings. The monoisotopic (exact) mass is 290 g/mol. The first-order valence-corrected chi connectivity index (χ1v) is 7.82. The Kier molecular flexibility index (Phi) is 5.62. The van der Waals surface area contributed by atoms with Crippen molar-refractivity contribution in [3.05, 3.63) is 29.8 Å². The molecule has 1 aliphatic rings. The zero-order valence-electron chi connectivity index (χ0n) is 13.3. The van der Waals surface area contributed by atoms with E-state index in [1.807, 2.05) is 17.0 Å². The van der Waals surface area contributed by atoms with E-state index in [1.54, 1.807) is 7.11 Å². The molecule has 116 valence electrons. The van der Waals surface area contributed by atoms with Crippen LogP contribution in [0.3, 0.4) is 0 Å². The average Bonchev–Trinajstić information content (AvgIpc) is 2.97. The van der Waals surface area contributed by atoms with Gasteiger partial charge in [-0.25, -0.2) is 0 Å². The van der Waals surface area contributed by atoms with Gasteiger partial charge in [0.25, 0.3) is 0 Å². The summed E-state index contributed by atoms with van der Waals surface area (Å²) in [5.41, 5.74) is 1.21. The highest BCUT2D eigenvalue weighted by atomic mass is 16.5. The zero-order valence-corrected chi connectivity index (χ0v) is 13.3. The summed E-state index contributed by atoms with van der Waals surface area (Å²) in [6, 6.07) is 8.54. The van der Waals surface area contributed by atoms with Gasteiger partial charge in [-0.2, -0.15) is 0 Å². The van der Waals surface area contributed by atoms with Crippen molar-refractivity contribution in [3.8, 4) is 5.75 Å². The fourth-order valence-electron chi connectivity index (χ4n) is 3.04. The standard InChI is InChI=1S/C17H26N2O2/c1-4-18-13(2)12-17(20)19-11-5-6-16(19)14-7-9-15(21-3)10-8-14/h7-10,13,16,18H,4-6,11-12H2,1-3H3. The minimum Gasteiger partial charge on any atom is -0.497 e. The fraction of sp³-hybridized carbons (Fsp3) is 0.588. The van der Waals surface area contributed by atoms with Crippen molar-refractivity contribution in [2.24, 2.45) is 0 Å². The van der Waals surface area contributed by atoms with Gasteiger partial charge < -0.3 is 15.0 Å². The molecule has 1 N–H and O–H groups in total. The van der Waals surface area contributed by atoms with Crippen LogP contribution in [0, 0.1) is 0 Å². The van der Waals surface area contributed by atoms with E-state index in [4.69, 9.17) is 4.74 Å². The van der Waals surface area contributed by atoms with Crippen molar-refractivity contribution in [1.29, 1.82) is 0 Å². The smallest absolute Gasteiger partial charge is 0.224 e. The lowest BCUT2D eigenvalue weighted by Crippen LogP contribution is -2.36. The van der Waals surface area contributed by atoms with Crippen LogP contribution in [-0.2, 0) is 4.79 Å². The van der Waals surface area contributed by atoms with Crippen LogP contribution in [0.1, 0.15) is 44.7 Å². The Labute approximate surface area is 127 Å². The first-order valence-electron chi connectivity index (χ1n) is 7.82. The highest BCUT2D eigenvalue weighted by Crippen LogP contribution is 2.33. The first kappa shape index (κ1) is 15.8. The molecule has 2 atom stereocenters. The lowest BCUT2D eigenvalue weighted by atomic mass is 10.0. The predicted octanol–water partition coefficient (Wildman–Crippen LogP) is 2.75. The van der Waals surface area contributed by atoms with Gasteiger partial charge >= 0.3 is 0 Å². The van der Waals surface area contributed by atoms with Crippen LogP contribution >= 0.6 is 0 Å². The van der Waals surface area contributed by atoms with Crippen molar-refractivity contribution >= 4 is 5.91 Å². The number of carbonyl (C=O) groups excluding carboxylic acids is 1. The maximum atomic E-state index is 12.5. The number of methoxy groups -OCH3 is 1. The summed E-state index contributed by atoms with van der Waals surface area (Å²) in [5.74, 6) is 1.11. The molecule has 0 aromatic heterocycles. The summed E-state index contributed by atoms with van der Waals surface area (Å²) < 4.78 is 5.20. The molecule has 0 spiro atoms. The molecule has 4 heteroatoms. The van der Waals surface area contributed by atoms with Crippen LogP contribution in [0.4, 0.5) is 0 Å². The second-order valence-electron chi connectivity index (χ2n) is 5.68. The van der Waals surface area contributed by atoms with E-state index in [2.05, 4.69) is 31.3 Å². The molecule has 21 heavy (non-hydrogen) atoms. The third kappa shape index (κ3) is 3.97. The van der Waals surface area contributed by atoms with Gasteiger partial charge in [0.05, 0.1) is 13.2 Å². The molecule has 2 unspecified atom stereocenters. The number of hydrogen-bond acceptors (Lipinski definition) is 3. The summed E-state index contributed by atoms with van der Waals surface area (Å²) in [6.07, 6.45) is 2.70. The molecular weight excluding hydrogens is 264 g/mol. The van der Waals surface area contributed by atoms with Gasteiger partial charge in [0.1, 0.15) is 5.75 Å². The number of amides is 1. The molecule has 0 radical (unpaired) electrons. The fourth-order valence-corrected chi connectivity index (χ4v) is 3.04. The highest BCUT2D eigenvalue weighted by molar-refractivity contribution is 5.77. The Bertz CT molecular complexity index is 458. The molecule has 1 aliphatic heterocycles. The predicted molar refractivity (Wildman–Crippen MR) is 84.4 cm³/mol. The molecule has 0 aliphatic carbocycles. The van der Waals surface area contributed by atoms with E-state index < -0.39 is 0 Å². The molecule has 0 bridgehead atoms. The maximum absolute atomic E-state index is 12.5. The number of likely N-dealkylation sites (tertiary alicyclic amines) is 1. The van der Waals surface area contributed by atoms with Crippen molar-refractivity contribution in [2.45, 2.75) is 45.2 Å². The quantitative estimate of drug-likeness (QED) is 0.876. The van der Waals surface area contributed by atoms with E-state index in [9.17, 15) is 4.79 Å². The number of ether oxygens (including phenoxy) is 1. The Hall–Kier alpha value is -1.55. The van der Waals surface area contributed by atoms with E-state index in [-0.39, 0.29) is 18.0 Å². The molecular formula is C17H26N2O2. The van der Waals surface area contributed by atoms with Crippen LogP contribution in [0.2, 0.25) is 0 Å². The van der Waals surface area contributed by atoms with E-state index in [0.29, 0.717) is 6.42 Å². The summed E-state index contributed by atoms with van der Waals surface area (Å²) in [4.78, 5) is 14.5. The highest BCUT2D eigenvalue weighted by Gasteiger charge is 2.30. The van der Waals surface area contributed by atoms with Crippen LogP contribution in [0.5, 0.6) is 5.75 Å². The number of nitrogens with one attached hydrogen (secondary N) is 1. The van der Waals surface area contributed by atoms with Crippen molar-refractivity contribution in [2.75, 3.05) is 20.2 Å².